The number of rotatable bonds is 0. The molecular formula is C20H28O3. The minimum atomic E-state index is -0.225. The summed E-state index contributed by atoms with van der Waals surface area (Å²) in [5.74, 6) is -0.130. The molecule has 23 heavy (non-hydrogen) atoms. The molecule has 0 aromatic rings. The van der Waals surface area contributed by atoms with Gasteiger partial charge in [0.25, 0.3) is 0 Å². The molecule has 1 unspecified atom stereocenters. The summed E-state index contributed by atoms with van der Waals surface area (Å²) in [6, 6.07) is 0. The van der Waals surface area contributed by atoms with Gasteiger partial charge < -0.3 is 9.47 Å². The molecule has 0 amide bonds. The molecule has 0 N–H and O–H groups in total. The fourth-order valence-electron chi connectivity index (χ4n) is 3.84. The van der Waals surface area contributed by atoms with Crippen molar-refractivity contribution in [1.29, 1.82) is 0 Å². The second-order valence-corrected chi connectivity index (χ2v) is 7.61. The van der Waals surface area contributed by atoms with E-state index in [2.05, 4.69) is 39.5 Å². The van der Waals surface area contributed by atoms with Crippen molar-refractivity contribution in [2.75, 3.05) is 0 Å². The van der Waals surface area contributed by atoms with Crippen LogP contribution < -0.4 is 0 Å². The molecule has 3 nitrogen and oxygen atoms in total. The van der Waals surface area contributed by atoms with Gasteiger partial charge in [0.1, 0.15) is 6.10 Å². The molecular weight excluding hydrogens is 288 g/mol. The summed E-state index contributed by atoms with van der Waals surface area (Å²) in [4.78, 5) is 11.9. The van der Waals surface area contributed by atoms with Crippen molar-refractivity contribution in [2.45, 2.75) is 77.1 Å². The van der Waals surface area contributed by atoms with Crippen LogP contribution in [0.5, 0.6) is 0 Å². The molecule has 4 atom stereocenters. The van der Waals surface area contributed by atoms with E-state index in [1.807, 2.05) is 0 Å². The number of hydrogen-bond donors (Lipinski definition) is 0. The number of allylic oxidation sites excluding steroid dienone is 3. The maximum Gasteiger partial charge on any atom is 0.334 e. The van der Waals surface area contributed by atoms with Crippen LogP contribution in [0, 0.1) is 5.92 Å². The minimum absolute atomic E-state index is 0.0394. The molecule has 0 aromatic carbocycles. The normalized spacial score (nSPS) is 43.2. The Balaban J connectivity index is 1.78. The summed E-state index contributed by atoms with van der Waals surface area (Å²) in [5.41, 5.74) is 3.34. The highest BCUT2D eigenvalue weighted by molar-refractivity contribution is 5.90. The maximum atomic E-state index is 11.9. The molecule has 0 radical (unpaired) electrons. The summed E-state index contributed by atoms with van der Waals surface area (Å²) < 4.78 is 11.6. The summed E-state index contributed by atoms with van der Waals surface area (Å²) in [7, 11) is 0. The van der Waals surface area contributed by atoms with Crippen molar-refractivity contribution in [1.82, 2.24) is 0 Å². The van der Waals surface area contributed by atoms with E-state index in [4.69, 9.17) is 9.47 Å². The maximum absolute atomic E-state index is 11.9. The lowest BCUT2D eigenvalue weighted by Gasteiger charge is -2.18. The van der Waals surface area contributed by atoms with Crippen LogP contribution in [0.1, 0.15) is 59.3 Å². The highest BCUT2D eigenvalue weighted by Gasteiger charge is 2.54. The first-order valence-electron chi connectivity index (χ1n) is 8.78. The van der Waals surface area contributed by atoms with Gasteiger partial charge in [-0.25, -0.2) is 4.79 Å². The van der Waals surface area contributed by atoms with Crippen LogP contribution in [0.4, 0.5) is 0 Å². The number of ether oxygens (including phenoxy) is 2. The number of epoxide rings is 1. The second kappa shape index (κ2) is 6.27. The first-order chi connectivity index (χ1) is 10.9. The van der Waals surface area contributed by atoms with Gasteiger partial charge in [0.15, 0.2) is 0 Å². The van der Waals surface area contributed by atoms with Gasteiger partial charge in [0, 0.05) is 17.9 Å². The molecule has 2 saturated heterocycles. The summed E-state index contributed by atoms with van der Waals surface area (Å²) in [6.45, 7) is 10.5. The van der Waals surface area contributed by atoms with Crippen molar-refractivity contribution in [2.24, 2.45) is 5.92 Å². The van der Waals surface area contributed by atoms with E-state index in [-0.39, 0.29) is 29.7 Å². The van der Waals surface area contributed by atoms with Crippen molar-refractivity contribution in [3.63, 3.8) is 0 Å². The van der Waals surface area contributed by atoms with Crippen LogP contribution in [-0.2, 0) is 14.3 Å². The standard InChI is InChI=1S/C20H28O3/c1-13-7-5-8-14(2)11-17-16(15(3)19(21)22-17)12-18-20(4,23-18)10-6-9-13/h8-9,16-18H,3,5-7,10-12H2,1-2,4H3/b13-9+,14-8+/t16?,17-,18-,20+/m1/s1. The van der Waals surface area contributed by atoms with Crippen LogP contribution >= 0.6 is 0 Å². The van der Waals surface area contributed by atoms with Gasteiger partial charge in [-0.3, -0.25) is 0 Å². The number of carbonyl (C=O) groups excluding carboxylic acids is 1. The lowest BCUT2D eigenvalue weighted by molar-refractivity contribution is -0.139. The highest BCUT2D eigenvalue weighted by atomic mass is 16.6. The van der Waals surface area contributed by atoms with Gasteiger partial charge in [0.2, 0.25) is 0 Å². The molecule has 0 aromatic heterocycles. The zero-order chi connectivity index (χ0) is 16.6. The number of fused-ring (bicyclic) bond motifs is 2. The zero-order valence-corrected chi connectivity index (χ0v) is 14.6. The lowest BCUT2D eigenvalue weighted by atomic mass is 9.85. The van der Waals surface area contributed by atoms with Crippen LogP contribution in [0.15, 0.2) is 35.5 Å². The number of carbonyl (C=O) groups is 1. The van der Waals surface area contributed by atoms with E-state index in [0.29, 0.717) is 5.57 Å². The van der Waals surface area contributed by atoms with Crippen LogP contribution in [0.2, 0.25) is 0 Å². The third-order valence-electron chi connectivity index (χ3n) is 5.61. The fourth-order valence-corrected chi connectivity index (χ4v) is 3.84. The van der Waals surface area contributed by atoms with Crippen LogP contribution in [0.25, 0.3) is 0 Å². The van der Waals surface area contributed by atoms with E-state index in [1.165, 1.54) is 11.1 Å². The van der Waals surface area contributed by atoms with Gasteiger partial charge in [0.05, 0.1) is 11.7 Å². The van der Waals surface area contributed by atoms with E-state index in [0.717, 1.165) is 38.5 Å². The molecule has 2 aliphatic heterocycles. The molecule has 1 aliphatic carbocycles. The predicted octanol–water partition coefficient (Wildman–Crippen LogP) is 4.49. The highest BCUT2D eigenvalue weighted by Crippen LogP contribution is 2.47. The largest absolute Gasteiger partial charge is 0.458 e. The lowest BCUT2D eigenvalue weighted by Crippen LogP contribution is -2.21. The molecule has 0 spiro atoms. The van der Waals surface area contributed by atoms with E-state index in [1.54, 1.807) is 0 Å². The summed E-state index contributed by atoms with van der Waals surface area (Å²) in [6.07, 6.45) is 10.7. The van der Waals surface area contributed by atoms with Crippen LogP contribution in [0.3, 0.4) is 0 Å². The molecule has 0 saturated carbocycles. The minimum Gasteiger partial charge on any atom is -0.458 e. The number of esters is 1. The predicted molar refractivity (Wildman–Crippen MR) is 91.0 cm³/mol. The average molecular weight is 316 g/mol. The summed E-state index contributed by atoms with van der Waals surface area (Å²) in [5, 5.41) is 0. The van der Waals surface area contributed by atoms with Crippen molar-refractivity contribution in [3.8, 4) is 0 Å². The average Bonchev–Trinajstić information content (AvgIpc) is 3.04. The van der Waals surface area contributed by atoms with Gasteiger partial charge in [-0.15, -0.1) is 0 Å². The Morgan fingerprint density at radius 1 is 1.22 bits per heavy atom. The molecule has 2 heterocycles. The van der Waals surface area contributed by atoms with Gasteiger partial charge in [-0.05, 0) is 52.9 Å². The first-order valence-corrected chi connectivity index (χ1v) is 8.78. The van der Waals surface area contributed by atoms with Gasteiger partial charge >= 0.3 is 5.97 Å². The third kappa shape index (κ3) is 3.60. The number of hydrogen-bond acceptors (Lipinski definition) is 3. The Morgan fingerprint density at radius 3 is 2.74 bits per heavy atom. The Kier molecular flexibility index (Phi) is 4.50. The molecule has 2 fully saturated rings. The molecule has 126 valence electrons. The Labute approximate surface area is 139 Å². The smallest absolute Gasteiger partial charge is 0.334 e. The first kappa shape index (κ1) is 16.5. The van der Waals surface area contributed by atoms with Gasteiger partial charge in [-0.1, -0.05) is 29.9 Å². The van der Waals surface area contributed by atoms with Gasteiger partial charge in [-0.2, -0.15) is 0 Å². The zero-order valence-electron chi connectivity index (χ0n) is 14.6. The van der Waals surface area contributed by atoms with E-state index >= 15 is 0 Å². The SMILES string of the molecule is C=C1C(=O)O[C@@H]2C/C(C)=C/CC/C(C)=C/CC[C@]3(C)O[C@@H]3CC12. The molecule has 0 bridgehead atoms. The molecule has 3 heteroatoms. The molecule has 3 aliphatic rings. The van der Waals surface area contributed by atoms with Crippen molar-refractivity contribution < 1.29 is 14.3 Å². The summed E-state index contributed by atoms with van der Waals surface area (Å²) >= 11 is 0. The quantitative estimate of drug-likeness (QED) is 0.286. The monoisotopic (exact) mass is 316 g/mol. The van der Waals surface area contributed by atoms with Crippen molar-refractivity contribution >= 4 is 5.97 Å². The Bertz CT molecular complexity index is 571. The fraction of sp³-hybridized carbons (Fsp3) is 0.650. The molecule has 3 rings (SSSR count). The third-order valence-corrected chi connectivity index (χ3v) is 5.61. The Hall–Kier alpha value is -1.35. The van der Waals surface area contributed by atoms with Crippen LogP contribution in [-0.4, -0.2) is 23.8 Å². The van der Waals surface area contributed by atoms with Crippen molar-refractivity contribution in [3.05, 3.63) is 35.5 Å². The Morgan fingerprint density at radius 2 is 1.96 bits per heavy atom. The second-order valence-electron chi connectivity index (χ2n) is 7.61. The van der Waals surface area contributed by atoms with E-state index in [9.17, 15) is 4.79 Å². The topological polar surface area (TPSA) is 38.8 Å². The van der Waals surface area contributed by atoms with E-state index < -0.39 is 0 Å².